The first-order chi connectivity index (χ1) is 12.8. The van der Waals surface area contributed by atoms with Crippen LogP contribution in [0.1, 0.15) is 32.6 Å². The Hall–Kier alpha value is -0.100. The number of rotatable bonds is 11. The summed E-state index contributed by atoms with van der Waals surface area (Å²) in [6.07, 6.45) is 6.41. The summed E-state index contributed by atoms with van der Waals surface area (Å²) in [6.45, 7) is 8.19. The number of methoxy groups -OCH3 is 1. The van der Waals surface area contributed by atoms with Crippen LogP contribution in [-0.2, 0) is 4.74 Å². The average molecular weight is 528 g/mol. The Bertz CT molecular complexity index is 496. The van der Waals surface area contributed by atoms with Crippen molar-refractivity contribution in [3.8, 4) is 0 Å². The van der Waals surface area contributed by atoms with E-state index in [2.05, 4.69) is 27.4 Å². The highest BCUT2D eigenvalue weighted by Gasteiger charge is 2.19. The predicted molar refractivity (Wildman–Crippen MR) is 128 cm³/mol. The third-order valence-corrected chi connectivity index (χ3v) is 6.36. The van der Waals surface area contributed by atoms with Gasteiger partial charge in [-0.05, 0) is 32.6 Å². The van der Waals surface area contributed by atoms with Crippen molar-refractivity contribution in [2.24, 2.45) is 4.99 Å². The minimum absolute atomic E-state index is 0. The molecule has 0 saturated carbocycles. The van der Waals surface area contributed by atoms with E-state index in [0.29, 0.717) is 6.04 Å². The number of nitrogens with one attached hydrogen (secondary N) is 2. The van der Waals surface area contributed by atoms with E-state index < -0.39 is 0 Å². The van der Waals surface area contributed by atoms with Crippen LogP contribution < -0.4 is 10.6 Å². The van der Waals surface area contributed by atoms with Gasteiger partial charge in [-0.2, -0.15) is 0 Å². The maximum atomic E-state index is 5.14. The SMILES string of the molecule is CCNC(=NCCCSc1nccs1)NC1CCN(CCCOC)CC1.I. The zero-order valence-corrected chi connectivity index (χ0v) is 20.4. The first-order valence-corrected chi connectivity index (χ1v) is 11.5. The maximum absolute atomic E-state index is 5.14. The molecule has 9 heteroatoms. The molecule has 2 N–H and O–H groups in total. The van der Waals surface area contributed by atoms with E-state index in [1.54, 1.807) is 18.4 Å². The van der Waals surface area contributed by atoms with Gasteiger partial charge >= 0.3 is 0 Å². The second-order valence-corrected chi connectivity index (χ2v) is 8.60. The van der Waals surface area contributed by atoms with E-state index in [1.807, 2.05) is 23.3 Å². The van der Waals surface area contributed by atoms with Crippen LogP contribution in [0.5, 0.6) is 0 Å². The van der Waals surface area contributed by atoms with Gasteiger partial charge in [0.25, 0.3) is 0 Å². The number of hydrogen-bond acceptors (Lipinski definition) is 6. The van der Waals surface area contributed by atoms with Gasteiger partial charge in [0.2, 0.25) is 0 Å². The minimum atomic E-state index is 0. The summed E-state index contributed by atoms with van der Waals surface area (Å²) in [5, 5.41) is 9.02. The highest BCUT2D eigenvalue weighted by molar-refractivity contribution is 14.0. The Kier molecular flexibility index (Phi) is 14.6. The van der Waals surface area contributed by atoms with Crippen molar-refractivity contribution in [2.75, 3.05) is 52.2 Å². The van der Waals surface area contributed by atoms with Crippen LogP contribution in [0.2, 0.25) is 0 Å². The van der Waals surface area contributed by atoms with Gasteiger partial charge < -0.3 is 20.3 Å². The molecule has 1 fully saturated rings. The number of aromatic nitrogens is 1. The number of thioether (sulfide) groups is 1. The van der Waals surface area contributed by atoms with Gasteiger partial charge in [-0.25, -0.2) is 4.98 Å². The molecule has 1 aromatic rings. The Labute approximate surface area is 189 Å². The fourth-order valence-corrected chi connectivity index (χ4v) is 4.58. The molecule has 0 unspecified atom stereocenters. The van der Waals surface area contributed by atoms with Crippen molar-refractivity contribution in [3.63, 3.8) is 0 Å². The zero-order chi connectivity index (χ0) is 18.5. The molecule has 6 nitrogen and oxygen atoms in total. The average Bonchev–Trinajstić information content (AvgIpc) is 3.17. The van der Waals surface area contributed by atoms with Gasteiger partial charge in [0, 0.05) is 69.8 Å². The lowest BCUT2D eigenvalue weighted by molar-refractivity contribution is 0.155. The Morgan fingerprint density at radius 2 is 2.22 bits per heavy atom. The number of thiazole rings is 1. The topological polar surface area (TPSA) is 61.8 Å². The molecule has 0 amide bonds. The van der Waals surface area contributed by atoms with Crippen LogP contribution in [0.4, 0.5) is 0 Å². The molecule has 2 rings (SSSR count). The summed E-state index contributed by atoms with van der Waals surface area (Å²) >= 11 is 3.52. The third-order valence-electron chi connectivity index (χ3n) is 4.30. The Morgan fingerprint density at radius 3 is 2.89 bits per heavy atom. The summed E-state index contributed by atoms with van der Waals surface area (Å²) in [7, 11) is 1.77. The number of piperidine rings is 1. The molecule has 0 atom stereocenters. The summed E-state index contributed by atoms with van der Waals surface area (Å²) in [4.78, 5) is 11.6. The highest BCUT2D eigenvalue weighted by Crippen LogP contribution is 2.20. The number of halogens is 1. The lowest BCUT2D eigenvalue weighted by Crippen LogP contribution is -2.48. The van der Waals surface area contributed by atoms with Crippen LogP contribution in [0.3, 0.4) is 0 Å². The van der Waals surface area contributed by atoms with E-state index in [-0.39, 0.29) is 24.0 Å². The Morgan fingerprint density at radius 1 is 1.41 bits per heavy atom. The van der Waals surface area contributed by atoms with Crippen molar-refractivity contribution in [3.05, 3.63) is 11.6 Å². The van der Waals surface area contributed by atoms with E-state index in [0.717, 1.165) is 68.2 Å². The van der Waals surface area contributed by atoms with E-state index in [9.17, 15) is 0 Å². The quantitative estimate of drug-likeness (QED) is 0.152. The maximum Gasteiger partial charge on any atom is 0.191 e. The monoisotopic (exact) mass is 527 g/mol. The van der Waals surface area contributed by atoms with Gasteiger partial charge in [0.15, 0.2) is 5.96 Å². The number of ether oxygens (including phenoxy) is 1. The second-order valence-electron chi connectivity index (χ2n) is 6.37. The lowest BCUT2D eigenvalue weighted by Gasteiger charge is -2.33. The molecule has 156 valence electrons. The fourth-order valence-electron chi connectivity index (χ4n) is 2.94. The molecular formula is C18H34IN5OS2. The van der Waals surface area contributed by atoms with E-state index >= 15 is 0 Å². The third kappa shape index (κ3) is 10.9. The Balaban J connectivity index is 0.00000364. The molecule has 1 saturated heterocycles. The van der Waals surface area contributed by atoms with Crippen LogP contribution in [0, 0.1) is 0 Å². The number of likely N-dealkylation sites (tertiary alicyclic amines) is 1. The van der Waals surface area contributed by atoms with Gasteiger partial charge in [-0.15, -0.1) is 35.3 Å². The van der Waals surface area contributed by atoms with Crippen molar-refractivity contribution in [1.29, 1.82) is 0 Å². The molecule has 1 aliphatic heterocycles. The van der Waals surface area contributed by atoms with Gasteiger partial charge in [-0.3, -0.25) is 4.99 Å². The molecule has 1 aromatic heterocycles. The normalized spacial score (nSPS) is 16.1. The van der Waals surface area contributed by atoms with Crippen LogP contribution >= 0.6 is 47.1 Å². The van der Waals surface area contributed by atoms with Gasteiger partial charge in [-0.1, -0.05) is 11.8 Å². The van der Waals surface area contributed by atoms with Crippen molar-refractivity contribution in [2.45, 2.75) is 43.0 Å². The second kappa shape index (κ2) is 15.8. The molecule has 0 aliphatic carbocycles. The molecule has 0 aromatic carbocycles. The number of aliphatic imine (C=N–C) groups is 1. The van der Waals surface area contributed by atoms with Crippen molar-refractivity contribution in [1.82, 2.24) is 20.5 Å². The van der Waals surface area contributed by atoms with Crippen molar-refractivity contribution >= 4 is 53.0 Å². The summed E-state index contributed by atoms with van der Waals surface area (Å²) in [6, 6.07) is 0.524. The van der Waals surface area contributed by atoms with Gasteiger partial charge in [0.1, 0.15) is 4.34 Å². The fraction of sp³-hybridized carbons (Fsp3) is 0.778. The number of hydrogen-bond donors (Lipinski definition) is 2. The predicted octanol–water partition coefficient (Wildman–Crippen LogP) is 3.30. The highest BCUT2D eigenvalue weighted by atomic mass is 127. The van der Waals surface area contributed by atoms with Gasteiger partial charge in [0.05, 0.1) is 0 Å². The summed E-state index contributed by atoms with van der Waals surface area (Å²) < 4.78 is 6.29. The van der Waals surface area contributed by atoms with Crippen LogP contribution in [0.15, 0.2) is 20.9 Å². The standard InChI is InChI=1S/C18H33N5OS2.HI/c1-3-19-17(20-8-4-14-25-18-21-9-15-26-18)22-16-6-11-23(12-7-16)10-5-13-24-2;/h9,15-16H,3-8,10-14H2,1-2H3,(H2,19,20,22);1H. The molecular weight excluding hydrogens is 493 g/mol. The minimum Gasteiger partial charge on any atom is -0.385 e. The van der Waals surface area contributed by atoms with Crippen LogP contribution in [-0.4, -0.2) is 74.1 Å². The van der Waals surface area contributed by atoms with E-state index in [1.165, 1.54) is 12.8 Å². The van der Waals surface area contributed by atoms with Crippen molar-refractivity contribution < 1.29 is 4.74 Å². The summed E-state index contributed by atoms with van der Waals surface area (Å²) in [5.41, 5.74) is 0. The smallest absolute Gasteiger partial charge is 0.191 e. The first-order valence-electron chi connectivity index (χ1n) is 9.60. The molecule has 27 heavy (non-hydrogen) atoms. The first kappa shape index (κ1) is 24.9. The van der Waals surface area contributed by atoms with Crippen LogP contribution in [0.25, 0.3) is 0 Å². The molecule has 0 spiro atoms. The number of nitrogens with zero attached hydrogens (tertiary/aromatic N) is 3. The molecule has 1 aliphatic rings. The largest absolute Gasteiger partial charge is 0.385 e. The zero-order valence-electron chi connectivity index (χ0n) is 16.5. The number of guanidine groups is 1. The lowest BCUT2D eigenvalue weighted by atomic mass is 10.1. The van der Waals surface area contributed by atoms with E-state index in [4.69, 9.17) is 9.73 Å². The molecule has 0 bridgehead atoms. The summed E-state index contributed by atoms with van der Waals surface area (Å²) in [5.74, 6) is 2.03. The molecule has 0 radical (unpaired) electrons. The molecule has 2 heterocycles.